The molecule has 0 saturated heterocycles. The van der Waals surface area contributed by atoms with Gasteiger partial charge in [0.15, 0.2) is 75.5 Å². The Bertz CT molecular complexity index is 1400. The van der Waals surface area contributed by atoms with E-state index in [0.717, 1.165) is 0 Å². The highest BCUT2D eigenvalue weighted by atomic mass is 31.2. The molecule has 0 amide bonds. The summed E-state index contributed by atoms with van der Waals surface area (Å²) in [4.78, 5) is 0. The summed E-state index contributed by atoms with van der Waals surface area (Å²) >= 11 is 0. The first-order chi connectivity index (χ1) is 38.9. The minimum absolute atomic E-state index is 0.446. The molecule has 0 aromatic rings. The van der Waals surface area contributed by atoms with Gasteiger partial charge in [-0.15, -0.1) is 0 Å². The third-order valence-corrected chi connectivity index (χ3v) is 15.6. The summed E-state index contributed by atoms with van der Waals surface area (Å²) in [5.74, 6) is 0. The van der Waals surface area contributed by atoms with Crippen LogP contribution in [-0.4, -0.2) is 169 Å². The molecule has 83 heavy (non-hydrogen) atoms. The molecule has 18 atom stereocenters. The van der Waals surface area contributed by atoms with Crippen LogP contribution in [-0.2, 0) is 103 Å². The molecule has 0 N–H and O–H groups in total. The van der Waals surface area contributed by atoms with Crippen molar-refractivity contribution in [1.82, 2.24) is 0 Å². The number of hydrogen-bond acceptors (Lipinski definition) is 22. The lowest BCUT2D eigenvalue weighted by atomic mass is 9.86. The van der Waals surface area contributed by atoms with Crippen molar-refractivity contribution in [3.63, 3.8) is 0 Å². The number of hydrogen-bond donors (Lipinski definition) is 0. The van der Waals surface area contributed by atoms with Gasteiger partial charge in [-0.05, 0) is 185 Å². The summed E-state index contributed by atoms with van der Waals surface area (Å²) in [6.07, 6.45) is -10.3. The molecule has 23 heteroatoms. The van der Waals surface area contributed by atoms with E-state index in [1.54, 1.807) is 41.5 Å². The third kappa shape index (κ3) is 29.7. The average Bonchev–Trinajstić information content (AvgIpc) is 3.57. The van der Waals surface area contributed by atoms with Gasteiger partial charge in [-0.25, -0.2) is 4.57 Å². The van der Waals surface area contributed by atoms with E-state index in [1.807, 2.05) is 145 Å². The second-order valence-electron chi connectivity index (χ2n) is 20.9. The monoisotopic (exact) mass is 1230 g/mol. The largest absolute Gasteiger partial charge is 0.481 e. The quantitative estimate of drug-likeness (QED) is 0.0409. The lowest BCUT2D eigenvalue weighted by molar-refractivity contribution is -0.330. The van der Waals surface area contributed by atoms with Crippen LogP contribution in [0.5, 0.6) is 0 Å². The highest BCUT2D eigenvalue weighted by Crippen LogP contribution is 2.54. The van der Waals surface area contributed by atoms with Gasteiger partial charge in [0, 0.05) is 39.6 Å². The molecule has 500 valence electrons. The van der Waals surface area contributed by atoms with Crippen LogP contribution >= 0.6 is 7.82 Å². The maximum Gasteiger partial charge on any atom is 0.481 e. The fraction of sp³-hybridized carbons (Fsp3) is 1.00. The molecule has 0 aliphatic heterocycles. The number of ether oxygens (including phenoxy) is 18. The van der Waals surface area contributed by atoms with E-state index < -0.39 is 137 Å². The second kappa shape index (κ2) is 43.2. The fourth-order valence-electron chi connectivity index (χ4n) is 10.7. The highest BCUT2D eigenvalue weighted by Gasteiger charge is 2.50. The van der Waals surface area contributed by atoms with Crippen molar-refractivity contribution in [2.24, 2.45) is 0 Å². The lowest BCUT2D eigenvalue weighted by Crippen LogP contribution is -2.57. The van der Waals surface area contributed by atoms with Crippen molar-refractivity contribution < 1.29 is 103 Å². The van der Waals surface area contributed by atoms with Crippen molar-refractivity contribution in [2.45, 2.75) is 354 Å². The van der Waals surface area contributed by atoms with Crippen LogP contribution in [0.25, 0.3) is 0 Å². The van der Waals surface area contributed by atoms with Gasteiger partial charge >= 0.3 is 7.82 Å². The van der Waals surface area contributed by atoms with Crippen LogP contribution in [0.3, 0.4) is 0 Å². The Balaban J connectivity index is 7.54. The van der Waals surface area contributed by atoms with Gasteiger partial charge in [0.05, 0.1) is 36.6 Å². The summed E-state index contributed by atoms with van der Waals surface area (Å²) < 4.78 is 147. The molecule has 0 aromatic carbocycles. The summed E-state index contributed by atoms with van der Waals surface area (Å²) in [7, 11) is -4.81. The van der Waals surface area contributed by atoms with Gasteiger partial charge in [0.1, 0.15) is 16.8 Å². The first kappa shape index (κ1) is 82.4. The number of phosphoric ester groups is 1. The molecular formula is C60H123O22P. The Morgan fingerprint density at radius 2 is 0.422 bits per heavy atom. The van der Waals surface area contributed by atoms with Gasteiger partial charge in [0.25, 0.3) is 0 Å². The Hall–Kier alpha value is -0.610. The highest BCUT2D eigenvalue weighted by molar-refractivity contribution is 7.48. The van der Waals surface area contributed by atoms with Crippen LogP contribution in [0.4, 0.5) is 0 Å². The maximum atomic E-state index is 15.5. The molecule has 0 aliphatic carbocycles. The van der Waals surface area contributed by atoms with Crippen LogP contribution in [0.1, 0.15) is 225 Å². The summed E-state index contributed by atoms with van der Waals surface area (Å²) in [5, 5.41) is 0. The van der Waals surface area contributed by atoms with E-state index in [4.69, 9.17) is 98.8 Å². The standard InChI is InChI=1S/C60H123O22P/c1-28-37-58(40(10)68-46(16)62-31-4,41(11)69-47(17)63-32-5)77-52(22)74-55(25)80-83(61,81-56(26)75-53(23)78-59(38-29-2,42(12)70-48(18)64-33-6)43(13)71-49(19)65-34-7)82-57(27)76-54(24)79-60(39-30-3,44(14)72-50(20)66-35-8)45(15)73-51(21)67-36-9/h40-57H,28-39H2,1-27H3. The van der Waals surface area contributed by atoms with Crippen molar-refractivity contribution in [3.8, 4) is 0 Å². The number of phosphoric acid groups is 1. The normalized spacial score (nSPS) is 22.1. The molecule has 0 rings (SSSR count). The fourth-order valence-corrected chi connectivity index (χ4v) is 12.1. The molecule has 0 bridgehead atoms. The van der Waals surface area contributed by atoms with E-state index >= 15 is 4.57 Å². The van der Waals surface area contributed by atoms with Crippen molar-refractivity contribution in [3.05, 3.63) is 0 Å². The van der Waals surface area contributed by atoms with Crippen molar-refractivity contribution >= 4 is 7.82 Å². The van der Waals surface area contributed by atoms with Gasteiger partial charge in [0.2, 0.25) is 0 Å². The predicted octanol–water partition coefficient (Wildman–Crippen LogP) is 13.7. The maximum absolute atomic E-state index is 15.5. The first-order valence-corrected chi connectivity index (χ1v) is 32.7. The third-order valence-electron chi connectivity index (χ3n) is 14.0. The Labute approximate surface area is 503 Å². The van der Waals surface area contributed by atoms with E-state index in [9.17, 15) is 0 Å². The summed E-state index contributed by atoms with van der Waals surface area (Å²) in [5.41, 5.74) is -3.34. The van der Waals surface area contributed by atoms with Gasteiger partial charge < -0.3 is 85.3 Å². The summed E-state index contributed by atoms with van der Waals surface area (Å²) in [6.45, 7) is 52.3. The SMILES string of the molecule is CCCC(OC(C)OC(C)OP(=O)(OC(C)OC(C)OC(CCC)(C(C)OC(C)OCC)C(C)OC(C)OCC)OC(C)OC(C)OC(CCC)(C(C)OC(C)OCC)C(C)OC(C)OCC)(C(C)OC(C)OCC)C(C)OC(C)OCC. The second-order valence-corrected chi connectivity index (χ2v) is 22.4. The van der Waals surface area contributed by atoms with E-state index in [2.05, 4.69) is 0 Å². The molecule has 0 fully saturated rings. The van der Waals surface area contributed by atoms with Gasteiger partial charge in [-0.3, -0.25) is 13.6 Å². The molecule has 18 unspecified atom stereocenters. The minimum atomic E-state index is -4.81. The zero-order chi connectivity index (χ0) is 63.7. The first-order valence-electron chi connectivity index (χ1n) is 31.2. The topological polar surface area (TPSA) is 211 Å². The predicted molar refractivity (Wildman–Crippen MR) is 317 cm³/mol. The Morgan fingerprint density at radius 3 is 0.566 bits per heavy atom. The molecular weight excluding hydrogens is 1100 g/mol. The van der Waals surface area contributed by atoms with Gasteiger partial charge in [-0.2, -0.15) is 0 Å². The Morgan fingerprint density at radius 1 is 0.253 bits per heavy atom. The van der Waals surface area contributed by atoms with Crippen molar-refractivity contribution in [1.29, 1.82) is 0 Å². The minimum Gasteiger partial charge on any atom is -0.353 e. The zero-order valence-corrected chi connectivity index (χ0v) is 57.7. The van der Waals surface area contributed by atoms with Gasteiger partial charge in [-0.1, -0.05) is 40.0 Å². The smallest absolute Gasteiger partial charge is 0.353 e. The molecule has 22 nitrogen and oxygen atoms in total. The molecule has 0 aliphatic rings. The molecule has 0 heterocycles. The van der Waals surface area contributed by atoms with Crippen molar-refractivity contribution in [2.75, 3.05) is 39.6 Å². The van der Waals surface area contributed by atoms with Crippen LogP contribution in [0.15, 0.2) is 0 Å². The Kier molecular flexibility index (Phi) is 42.8. The zero-order valence-electron chi connectivity index (χ0n) is 56.8. The molecule has 0 spiro atoms. The van der Waals surface area contributed by atoms with Crippen LogP contribution in [0, 0.1) is 0 Å². The lowest BCUT2D eigenvalue weighted by Gasteiger charge is -2.46. The average molecular weight is 1230 g/mol. The van der Waals surface area contributed by atoms with Crippen LogP contribution < -0.4 is 0 Å². The number of rotatable bonds is 54. The molecule has 0 aromatic heterocycles. The van der Waals surface area contributed by atoms with E-state index in [-0.39, 0.29) is 0 Å². The van der Waals surface area contributed by atoms with Crippen LogP contribution in [0.2, 0.25) is 0 Å². The van der Waals surface area contributed by atoms with E-state index in [0.29, 0.717) is 78.2 Å². The van der Waals surface area contributed by atoms with E-state index in [1.165, 1.54) is 0 Å². The molecule has 0 saturated carbocycles. The summed E-state index contributed by atoms with van der Waals surface area (Å²) in [6, 6.07) is 0. The molecule has 0 radical (unpaired) electrons.